The smallest absolute Gasteiger partial charge is 0.0719 e. The molecule has 182 valence electrons. The minimum Gasteiger partial charge on any atom is -0.256 e. The molecule has 2 heteroatoms. The van der Waals surface area contributed by atoms with Crippen molar-refractivity contribution in [2.45, 2.75) is 70.6 Å². The number of rotatable bonds is 4. The summed E-state index contributed by atoms with van der Waals surface area (Å²) in [4.78, 5) is 4.92. The molecule has 1 atom stereocenters. The van der Waals surface area contributed by atoms with Crippen molar-refractivity contribution in [3.05, 3.63) is 78.0 Å². The third-order valence-corrected chi connectivity index (χ3v) is 10.2. The van der Waals surface area contributed by atoms with Gasteiger partial charge < -0.3 is 0 Å². The van der Waals surface area contributed by atoms with E-state index in [0.717, 1.165) is 5.69 Å². The Morgan fingerprint density at radius 3 is 2.33 bits per heavy atom. The summed E-state index contributed by atoms with van der Waals surface area (Å²) in [6.45, 7) is 2.22. The van der Waals surface area contributed by atoms with Crippen molar-refractivity contribution < 1.29 is 1.37 Å². The van der Waals surface area contributed by atoms with Crippen LogP contribution in [-0.2, 0) is 0 Å². The van der Waals surface area contributed by atoms with Gasteiger partial charge in [-0.1, -0.05) is 80.6 Å². The van der Waals surface area contributed by atoms with Gasteiger partial charge in [-0.3, -0.25) is 4.98 Å². The molecule has 0 bridgehead atoms. The van der Waals surface area contributed by atoms with Crippen LogP contribution in [0.15, 0.2) is 66.9 Å². The third kappa shape index (κ3) is 3.77. The number of benzene rings is 3. The Labute approximate surface area is 220 Å². The predicted octanol–water partition coefficient (Wildman–Crippen LogP) is 10.4. The lowest BCUT2D eigenvalue weighted by Gasteiger charge is -2.35. The van der Waals surface area contributed by atoms with E-state index < -0.39 is 5.89 Å². The minimum absolute atomic E-state index is 0.467. The highest BCUT2D eigenvalue weighted by atomic mass is 32.1. The normalized spacial score (nSPS) is 19.8. The van der Waals surface area contributed by atoms with E-state index in [4.69, 9.17) is 4.98 Å². The Balaban J connectivity index is 1.40. The molecular formula is C34H35NS. The monoisotopic (exact) mass is 490 g/mol. The first-order chi connectivity index (χ1) is 18.1. The summed E-state index contributed by atoms with van der Waals surface area (Å²) < 4.78 is 12.7. The zero-order chi connectivity index (χ0) is 25.0. The minimum atomic E-state index is -0.490. The van der Waals surface area contributed by atoms with Gasteiger partial charge in [0.05, 0.1) is 5.69 Å². The molecule has 7 rings (SSSR count). The van der Waals surface area contributed by atoms with Gasteiger partial charge >= 0.3 is 0 Å². The molecule has 2 aliphatic rings. The van der Waals surface area contributed by atoms with Crippen molar-refractivity contribution in [2.24, 2.45) is 11.8 Å². The van der Waals surface area contributed by atoms with E-state index >= 15 is 0 Å². The molecular weight excluding hydrogens is 454 g/mol. The van der Waals surface area contributed by atoms with Crippen molar-refractivity contribution in [1.82, 2.24) is 4.98 Å². The second-order valence-electron chi connectivity index (χ2n) is 11.1. The lowest BCUT2D eigenvalue weighted by atomic mass is 9.70. The number of thiophene rings is 1. The van der Waals surface area contributed by atoms with Crippen molar-refractivity contribution >= 4 is 42.3 Å². The number of hydrogen-bond acceptors (Lipinski definition) is 2. The van der Waals surface area contributed by atoms with Crippen molar-refractivity contribution in [2.75, 3.05) is 0 Å². The maximum absolute atomic E-state index is 10.1. The Bertz CT molecular complexity index is 1610. The molecule has 2 heterocycles. The predicted molar refractivity (Wildman–Crippen MR) is 156 cm³/mol. The summed E-state index contributed by atoms with van der Waals surface area (Å²) >= 11 is 1.91. The van der Waals surface area contributed by atoms with Gasteiger partial charge in [0.1, 0.15) is 0 Å². The fourth-order valence-corrected chi connectivity index (χ4v) is 8.66. The van der Waals surface area contributed by atoms with E-state index in [0.29, 0.717) is 11.8 Å². The average Bonchev–Trinajstić information content (AvgIpc) is 3.62. The van der Waals surface area contributed by atoms with Crippen LogP contribution in [0, 0.1) is 18.8 Å². The van der Waals surface area contributed by atoms with Gasteiger partial charge in [0, 0.05) is 38.7 Å². The van der Waals surface area contributed by atoms with Crippen LogP contribution in [0.1, 0.15) is 76.2 Å². The molecule has 0 amide bonds. The Morgan fingerprint density at radius 2 is 1.53 bits per heavy atom. The quantitative estimate of drug-likeness (QED) is 0.244. The van der Waals surface area contributed by atoms with Crippen LogP contribution in [0.3, 0.4) is 0 Å². The highest BCUT2D eigenvalue weighted by Crippen LogP contribution is 2.48. The van der Waals surface area contributed by atoms with Gasteiger partial charge in [-0.05, 0) is 79.0 Å². The average molecular weight is 491 g/mol. The highest BCUT2D eigenvalue weighted by molar-refractivity contribution is 7.27. The summed E-state index contributed by atoms with van der Waals surface area (Å²) in [5.74, 6) is 0.449. The number of hydrogen-bond donors (Lipinski definition) is 0. The summed E-state index contributed by atoms with van der Waals surface area (Å²) in [6.07, 6.45) is 13.3. The van der Waals surface area contributed by atoms with Crippen LogP contribution in [0.4, 0.5) is 0 Å². The van der Waals surface area contributed by atoms with Crippen molar-refractivity contribution in [1.29, 1.82) is 0 Å². The molecule has 1 unspecified atom stereocenters. The van der Waals surface area contributed by atoms with Gasteiger partial charge in [-0.25, -0.2) is 0 Å². The summed E-state index contributed by atoms with van der Waals surface area (Å²) in [5, 5.41) is 5.33. The lowest BCUT2D eigenvalue weighted by Crippen LogP contribution is -2.22. The number of pyridine rings is 1. The van der Waals surface area contributed by atoms with E-state index in [1.54, 1.807) is 0 Å². The van der Waals surface area contributed by atoms with Gasteiger partial charge in [0.15, 0.2) is 0 Å². The van der Waals surface area contributed by atoms with Crippen LogP contribution in [0.5, 0.6) is 0 Å². The maximum Gasteiger partial charge on any atom is 0.0719 e. The van der Waals surface area contributed by atoms with Crippen LogP contribution >= 0.6 is 11.3 Å². The Morgan fingerprint density at radius 1 is 0.806 bits per heavy atom. The molecule has 36 heavy (non-hydrogen) atoms. The topological polar surface area (TPSA) is 12.9 Å². The second-order valence-corrected chi connectivity index (χ2v) is 12.1. The fraction of sp³-hybridized carbons (Fsp3) is 0.382. The van der Waals surface area contributed by atoms with Gasteiger partial charge in [0.25, 0.3) is 0 Å². The SMILES string of the molecule is [2H]C(c1ccnc(-c2cccc3c2sc2c3ccc3cccc(C)c32)c1)(C1CCCCC1)C1CCCC1. The van der Waals surface area contributed by atoms with Crippen molar-refractivity contribution in [3.8, 4) is 11.3 Å². The largest absolute Gasteiger partial charge is 0.256 e. The first-order valence-corrected chi connectivity index (χ1v) is 14.8. The molecule has 5 aromatic rings. The fourth-order valence-electron chi connectivity index (χ4n) is 7.22. The zero-order valence-corrected chi connectivity index (χ0v) is 22.0. The van der Waals surface area contributed by atoms with E-state index in [2.05, 4.69) is 67.6 Å². The van der Waals surface area contributed by atoms with E-state index in [-0.39, 0.29) is 0 Å². The van der Waals surface area contributed by atoms with E-state index in [1.807, 2.05) is 17.5 Å². The highest BCUT2D eigenvalue weighted by Gasteiger charge is 2.33. The zero-order valence-electron chi connectivity index (χ0n) is 22.2. The molecule has 2 aliphatic carbocycles. The Hall–Kier alpha value is -2.71. The summed E-state index contributed by atoms with van der Waals surface area (Å²) in [5.41, 5.74) is 4.77. The van der Waals surface area contributed by atoms with Gasteiger partial charge in [0.2, 0.25) is 0 Å². The number of aromatic nitrogens is 1. The number of nitrogens with zero attached hydrogens (tertiary/aromatic N) is 1. The Kier molecular flexibility index (Phi) is 5.53. The van der Waals surface area contributed by atoms with E-state index in [9.17, 15) is 1.37 Å². The number of aryl methyl sites for hydroxylation is 1. The van der Waals surface area contributed by atoms with Crippen LogP contribution in [-0.4, -0.2) is 4.98 Å². The summed E-state index contributed by atoms with van der Waals surface area (Å²) in [6, 6.07) is 22.3. The van der Waals surface area contributed by atoms with Gasteiger partial charge in [-0.2, -0.15) is 0 Å². The second kappa shape index (κ2) is 9.30. The van der Waals surface area contributed by atoms with Crippen LogP contribution in [0.2, 0.25) is 0 Å². The maximum atomic E-state index is 10.1. The molecule has 0 aliphatic heterocycles. The molecule has 1 nitrogen and oxygen atoms in total. The number of fused-ring (bicyclic) bond motifs is 5. The molecule has 2 aromatic heterocycles. The van der Waals surface area contributed by atoms with Crippen molar-refractivity contribution in [3.63, 3.8) is 0 Å². The van der Waals surface area contributed by atoms with Crippen LogP contribution in [0.25, 0.3) is 42.2 Å². The lowest BCUT2D eigenvalue weighted by molar-refractivity contribution is 0.243. The standard InChI is InChI=1S/C34H35NS/c1-22-9-7-14-25-17-18-28-27-15-8-16-29(33(27)36-34(28)31(22)25)30-21-26(19-20-35-30)32(24-12-5-6-13-24)23-10-3-2-4-11-23/h7-9,14-21,23-24,32H,2-6,10-13H2,1H3/i32D. The summed E-state index contributed by atoms with van der Waals surface area (Å²) in [7, 11) is 0. The van der Waals surface area contributed by atoms with Crippen LogP contribution < -0.4 is 0 Å². The molecule has 0 radical (unpaired) electrons. The van der Waals surface area contributed by atoms with E-state index in [1.165, 1.54) is 105 Å². The molecule has 0 N–H and O–H groups in total. The van der Waals surface area contributed by atoms with Gasteiger partial charge in [-0.15, -0.1) is 11.3 Å². The molecule has 3 aromatic carbocycles. The molecule has 2 saturated carbocycles. The molecule has 0 saturated heterocycles. The first kappa shape index (κ1) is 21.4. The first-order valence-electron chi connectivity index (χ1n) is 14.4. The third-order valence-electron chi connectivity index (χ3n) is 8.92. The molecule has 0 spiro atoms. The molecule has 2 fully saturated rings.